The van der Waals surface area contributed by atoms with E-state index in [1.165, 1.54) is 0 Å². The van der Waals surface area contributed by atoms with Crippen LogP contribution in [0.1, 0.15) is 26.5 Å². The van der Waals surface area contributed by atoms with Crippen molar-refractivity contribution >= 4 is 22.6 Å². The number of H-pyrrole nitrogens is 1. The Kier molecular flexibility index (Phi) is 6.46. The molecule has 0 aliphatic carbocycles. The Morgan fingerprint density at radius 1 is 1.15 bits per heavy atom. The molecule has 2 atom stereocenters. The SMILES string of the molecule is CC(CO)NC(=O)C(NC(=O)Cc1n[nH]c(=O)c2ccccc12)C(C)C. The molecule has 8 nitrogen and oxygen atoms in total. The lowest BCUT2D eigenvalue weighted by atomic mass is 10.0. The number of amides is 2. The average molecular weight is 360 g/mol. The standard InChI is InChI=1S/C18H24N4O4/c1-10(2)16(18(26)19-11(3)9-23)20-15(24)8-14-12-6-4-5-7-13(12)17(25)22-21-14/h4-7,10-11,16,23H,8-9H2,1-3H3,(H,19,26)(H,20,24)(H,22,25). The number of aliphatic hydroxyl groups is 1. The number of nitrogens with zero attached hydrogens (tertiary/aromatic N) is 1. The Hall–Kier alpha value is -2.74. The molecule has 0 aliphatic rings. The van der Waals surface area contributed by atoms with Gasteiger partial charge in [0.25, 0.3) is 5.56 Å². The number of benzene rings is 1. The maximum Gasteiger partial charge on any atom is 0.272 e. The molecule has 0 bridgehead atoms. The lowest BCUT2D eigenvalue weighted by Crippen LogP contribution is -2.52. The van der Waals surface area contributed by atoms with Crippen molar-refractivity contribution in [2.24, 2.45) is 5.92 Å². The van der Waals surface area contributed by atoms with Crippen LogP contribution in [0.5, 0.6) is 0 Å². The summed E-state index contributed by atoms with van der Waals surface area (Å²) in [6.07, 6.45) is -0.0661. The molecule has 0 spiro atoms. The molecular formula is C18H24N4O4. The van der Waals surface area contributed by atoms with Crippen LogP contribution in [0.25, 0.3) is 10.8 Å². The first-order chi connectivity index (χ1) is 12.3. The molecule has 8 heteroatoms. The number of carbonyl (C=O) groups excluding carboxylic acids is 2. The number of hydrogen-bond donors (Lipinski definition) is 4. The van der Waals surface area contributed by atoms with Gasteiger partial charge in [0.05, 0.1) is 24.1 Å². The Labute approximate surface area is 151 Å². The van der Waals surface area contributed by atoms with Gasteiger partial charge in [-0.05, 0) is 18.9 Å². The van der Waals surface area contributed by atoms with Gasteiger partial charge in [0.1, 0.15) is 6.04 Å². The topological polar surface area (TPSA) is 124 Å². The van der Waals surface area contributed by atoms with Crippen LogP contribution < -0.4 is 16.2 Å². The Balaban J connectivity index is 2.15. The fraction of sp³-hybridized carbons (Fsp3) is 0.444. The van der Waals surface area contributed by atoms with E-state index in [-0.39, 0.29) is 36.3 Å². The highest BCUT2D eigenvalue weighted by Crippen LogP contribution is 2.13. The van der Waals surface area contributed by atoms with Gasteiger partial charge in [0.2, 0.25) is 11.8 Å². The molecule has 26 heavy (non-hydrogen) atoms. The summed E-state index contributed by atoms with van der Waals surface area (Å²) < 4.78 is 0. The zero-order valence-corrected chi connectivity index (χ0v) is 15.1. The molecule has 0 saturated heterocycles. The molecule has 0 saturated carbocycles. The molecule has 2 unspecified atom stereocenters. The normalized spacial score (nSPS) is 13.4. The largest absolute Gasteiger partial charge is 0.394 e. The summed E-state index contributed by atoms with van der Waals surface area (Å²) in [7, 11) is 0. The van der Waals surface area contributed by atoms with Crippen molar-refractivity contribution in [2.75, 3.05) is 6.61 Å². The van der Waals surface area contributed by atoms with E-state index < -0.39 is 12.1 Å². The van der Waals surface area contributed by atoms with Gasteiger partial charge < -0.3 is 15.7 Å². The summed E-state index contributed by atoms with van der Waals surface area (Å²) in [4.78, 5) is 36.6. The summed E-state index contributed by atoms with van der Waals surface area (Å²) in [6, 6.07) is 5.78. The van der Waals surface area contributed by atoms with Crippen LogP contribution in [0.2, 0.25) is 0 Å². The molecule has 0 radical (unpaired) electrons. The minimum atomic E-state index is -0.731. The van der Waals surface area contributed by atoms with Gasteiger partial charge in [-0.15, -0.1) is 0 Å². The van der Waals surface area contributed by atoms with E-state index in [1.54, 1.807) is 31.2 Å². The summed E-state index contributed by atoms with van der Waals surface area (Å²) in [5.74, 6) is -0.862. The summed E-state index contributed by atoms with van der Waals surface area (Å²) in [5, 5.41) is 21.8. The molecular weight excluding hydrogens is 336 g/mol. The van der Waals surface area contributed by atoms with Crippen LogP contribution >= 0.6 is 0 Å². The number of aromatic nitrogens is 2. The first-order valence-electron chi connectivity index (χ1n) is 8.50. The number of rotatable bonds is 7. The van der Waals surface area contributed by atoms with E-state index in [0.717, 1.165) is 0 Å². The zero-order chi connectivity index (χ0) is 19.3. The third-order valence-electron chi connectivity index (χ3n) is 4.03. The quantitative estimate of drug-likeness (QED) is 0.558. The third-order valence-corrected chi connectivity index (χ3v) is 4.03. The van der Waals surface area contributed by atoms with E-state index in [1.807, 2.05) is 13.8 Å². The fourth-order valence-electron chi connectivity index (χ4n) is 2.60. The van der Waals surface area contributed by atoms with Crippen LogP contribution in [-0.4, -0.2) is 45.8 Å². The molecule has 0 aliphatic heterocycles. The number of hydrogen-bond acceptors (Lipinski definition) is 5. The van der Waals surface area contributed by atoms with Crippen LogP contribution in [0.3, 0.4) is 0 Å². The van der Waals surface area contributed by atoms with E-state index >= 15 is 0 Å². The minimum Gasteiger partial charge on any atom is -0.394 e. The molecule has 2 amide bonds. The molecule has 1 heterocycles. The highest BCUT2D eigenvalue weighted by Gasteiger charge is 2.25. The molecule has 2 rings (SSSR count). The molecule has 0 fully saturated rings. The molecule has 1 aromatic carbocycles. The number of aromatic amines is 1. The second kappa shape index (κ2) is 8.57. The van der Waals surface area contributed by atoms with Gasteiger partial charge in [-0.3, -0.25) is 14.4 Å². The molecule has 140 valence electrons. The Morgan fingerprint density at radius 3 is 2.42 bits per heavy atom. The van der Waals surface area contributed by atoms with Crippen LogP contribution in [-0.2, 0) is 16.0 Å². The van der Waals surface area contributed by atoms with Crippen molar-refractivity contribution in [3.63, 3.8) is 0 Å². The van der Waals surface area contributed by atoms with Gasteiger partial charge in [-0.25, -0.2) is 5.10 Å². The second-order valence-electron chi connectivity index (χ2n) is 6.60. The monoisotopic (exact) mass is 360 g/mol. The summed E-state index contributed by atoms with van der Waals surface area (Å²) in [5.41, 5.74) is 0.117. The van der Waals surface area contributed by atoms with Crippen LogP contribution in [0, 0.1) is 5.92 Å². The van der Waals surface area contributed by atoms with Crippen molar-refractivity contribution in [3.8, 4) is 0 Å². The van der Waals surface area contributed by atoms with Crippen LogP contribution in [0.4, 0.5) is 0 Å². The molecule has 1 aromatic heterocycles. The lowest BCUT2D eigenvalue weighted by Gasteiger charge is -2.23. The number of nitrogens with one attached hydrogen (secondary N) is 3. The van der Waals surface area contributed by atoms with Gasteiger partial charge in [-0.1, -0.05) is 32.0 Å². The van der Waals surface area contributed by atoms with Crippen molar-refractivity contribution in [3.05, 3.63) is 40.3 Å². The van der Waals surface area contributed by atoms with Crippen molar-refractivity contribution in [2.45, 2.75) is 39.3 Å². The van der Waals surface area contributed by atoms with Gasteiger partial charge in [-0.2, -0.15) is 5.10 Å². The third kappa shape index (κ3) is 4.66. The number of aliphatic hydroxyl groups excluding tert-OH is 1. The smallest absolute Gasteiger partial charge is 0.272 e. The van der Waals surface area contributed by atoms with Gasteiger partial charge >= 0.3 is 0 Å². The minimum absolute atomic E-state index is 0.0661. The number of fused-ring (bicyclic) bond motifs is 1. The maximum atomic E-state index is 12.4. The van der Waals surface area contributed by atoms with Crippen molar-refractivity contribution < 1.29 is 14.7 Å². The second-order valence-corrected chi connectivity index (χ2v) is 6.60. The van der Waals surface area contributed by atoms with Crippen LogP contribution in [0.15, 0.2) is 29.1 Å². The van der Waals surface area contributed by atoms with Crippen molar-refractivity contribution in [1.29, 1.82) is 0 Å². The molecule has 2 aromatic rings. The Bertz CT molecular complexity index is 846. The summed E-state index contributed by atoms with van der Waals surface area (Å²) in [6.45, 7) is 5.13. The predicted molar refractivity (Wildman–Crippen MR) is 97.5 cm³/mol. The fourth-order valence-corrected chi connectivity index (χ4v) is 2.60. The van der Waals surface area contributed by atoms with E-state index in [9.17, 15) is 14.4 Å². The Morgan fingerprint density at radius 2 is 1.81 bits per heavy atom. The van der Waals surface area contributed by atoms with Crippen molar-refractivity contribution in [1.82, 2.24) is 20.8 Å². The first-order valence-corrected chi connectivity index (χ1v) is 8.50. The zero-order valence-electron chi connectivity index (χ0n) is 15.1. The van der Waals surface area contributed by atoms with Gasteiger partial charge in [0, 0.05) is 11.4 Å². The summed E-state index contributed by atoms with van der Waals surface area (Å²) >= 11 is 0. The maximum absolute atomic E-state index is 12.4. The average Bonchev–Trinajstić information content (AvgIpc) is 2.61. The highest BCUT2D eigenvalue weighted by molar-refractivity contribution is 5.91. The number of carbonyl (C=O) groups is 2. The van der Waals surface area contributed by atoms with E-state index in [4.69, 9.17) is 5.11 Å². The van der Waals surface area contributed by atoms with E-state index in [0.29, 0.717) is 16.5 Å². The first kappa shape index (κ1) is 19.6. The molecule has 4 N–H and O–H groups in total. The predicted octanol–water partition coefficient (Wildman–Crippen LogP) is 0.103. The lowest BCUT2D eigenvalue weighted by molar-refractivity contribution is -0.130. The van der Waals surface area contributed by atoms with Gasteiger partial charge in [0.15, 0.2) is 0 Å². The highest BCUT2D eigenvalue weighted by atomic mass is 16.3. The van der Waals surface area contributed by atoms with E-state index in [2.05, 4.69) is 20.8 Å².